The lowest BCUT2D eigenvalue weighted by atomic mass is 9.43. The molecule has 4 aliphatic rings. The summed E-state index contributed by atoms with van der Waals surface area (Å²) in [5, 5.41) is 19.5. The minimum Gasteiger partial charge on any atom is -0.481 e. The van der Waals surface area contributed by atoms with Crippen LogP contribution in [0, 0.1) is 46.3 Å². The second-order valence-corrected chi connectivity index (χ2v) is 11.5. The summed E-state index contributed by atoms with van der Waals surface area (Å²) in [6.07, 6.45) is 9.86. The SMILES string of the molecule is CC=C1C(=O)C2C(CC[C@]3(C)C([C@H](C)CCC(=O)O)CC[C@@H]23)[C@@]2(C)CC[C@@H](O)C[C@@H]12. The Morgan fingerprint density at radius 3 is 2.47 bits per heavy atom. The number of hydrogen-bond donors (Lipinski definition) is 2. The summed E-state index contributed by atoms with van der Waals surface area (Å²) in [5.41, 5.74) is 1.25. The van der Waals surface area contributed by atoms with E-state index in [2.05, 4.69) is 20.8 Å². The molecule has 0 saturated heterocycles. The molecule has 0 aromatic heterocycles. The molecule has 4 fully saturated rings. The molecule has 4 saturated carbocycles. The van der Waals surface area contributed by atoms with Gasteiger partial charge in [-0.05, 0) is 104 Å². The van der Waals surface area contributed by atoms with Gasteiger partial charge in [-0.1, -0.05) is 26.8 Å². The van der Waals surface area contributed by atoms with Gasteiger partial charge in [0, 0.05) is 12.3 Å². The van der Waals surface area contributed by atoms with Gasteiger partial charge in [0.25, 0.3) is 0 Å². The van der Waals surface area contributed by atoms with E-state index in [-0.39, 0.29) is 35.2 Å². The second kappa shape index (κ2) is 7.76. The van der Waals surface area contributed by atoms with Gasteiger partial charge in [0.05, 0.1) is 6.10 Å². The maximum atomic E-state index is 13.8. The van der Waals surface area contributed by atoms with Gasteiger partial charge in [-0.3, -0.25) is 9.59 Å². The molecule has 0 bridgehead atoms. The fourth-order valence-electron chi connectivity index (χ4n) is 8.72. The van der Waals surface area contributed by atoms with E-state index in [9.17, 15) is 14.7 Å². The highest BCUT2D eigenvalue weighted by Gasteiger charge is 2.64. The minimum absolute atomic E-state index is 0.114. The van der Waals surface area contributed by atoms with Crippen LogP contribution in [-0.4, -0.2) is 28.1 Å². The Kier molecular flexibility index (Phi) is 5.70. The number of ketones is 1. The van der Waals surface area contributed by atoms with Crippen molar-refractivity contribution >= 4 is 11.8 Å². The third-order valence-electron chi connectivity index (χ3n) is 10.3. The second-order valence-electron chi connectivity index (χ2n) is 11.5. The Morgan fingerprint density at radius 2 is 1.80 bits per heavy atom. The molecule has 4 aliphatic carbocycles. The molecule has 0 heterocycles. The summed E-state index contributed by atoms with van der Waals surface area (Å²) in [4.78, 5) is 24.9. The van der Waals surface area contributed by atoms with Crippen LogP contribution in [-0.2, 0) is 9.59 Å². The molecule has 0 aliphatic heterocycles. The molecule has 4 rings (SSSR count). The van der Waals surface area contributed by atoms with Crippen molar-refractivity contribution in [2.75, 3.05) is 0 Å². The van der Waals surface area contributed by atoms with Crippen molar-refractivity contribution in [2.24, 2.45) is 46.3 Å². The van der Waals surface area contributed by atoms with Crippen LogP contribution in [0.25, 0.3) is 0 Å². The Morgan fingerprint density at radius 1 is 1.13 bits per heavy atom. The van der Waals surface area contributed by atoms with Gasteiger partial charge in [0.1, 0.15) is 0 Å². The van der Waals surface area contributed by atoms with Gasteiger partial charge >= 0.3 is 5.97 Å². The first kappa shape index (κ1) is 22.0. The number of hydrogen-bond acceptors (Lipinski definition) is 3. The third-order valence-corrected chi connectivity index (χ3v) is 10.3. The van der Waals surface area contributed by atoms with E-state index in [0.29, 0.717) is 29.5 Å². The van der Waals surface area contributed by atoms with Gasteiger partial charge in [0.15, 0.2) is 5.78 Å². The molecule has 0 radical (unpaired) electrons. The number of carboxylic acids is 1. The molecule has 0 aromatic carbocycles. The molecule has 2 N–H and O–H groups in total. The van der Waals surface area contributed by atoms with Crippen LogP contribution in [0.2, 0.25) is 0 Å². The van der Waals surface area contributed by atoms with Gasteiger partial charge in [0.2, 0.25) is 0 Å². The Bertz CT molecular complexity index is 741. The van der Waals surface area contributed by atoms with Crippen molar-refractivity contribution in [1.82, 2.24) is 0 Å². The van der Waals surface area contributed by atoms with Crippen LogP contribution in [0.3, 0.4) is 0 Å². The van der Waals surface area contributed by atoms with Crippen molar-refractivity contribution in [3.63, 3.8) is 0 Å². The first-order valence-electron chi connectivity index (χ1n) is 12.2. The lowest BCUT2D eigenvalue weighted by molar-refractivity contribution is -0.150. The largest absolute Gasteiger partial charge is 0.481 e. The number of aliphatic carboxylic acids is 1. The number of carbonyl (C=O) groups excluding carboxylic acids is 1. The van der Waals surface area contributed by atoms with Gasteiger partial charge in [-0.2, -0.15) is 0 Å². The van der Waals surface area contributed by atoms with E-state index in [4.69, 9.17) is 5.11 Å². The van der Waals surface area contributed by atoms with E-state index in [0.717, 1.165) is 56.9 Å². The van der Waals surface area contributed by atoms with Gasteiger partial charge in [-0.25, -0.2) is 0 Å². The lowest BCUT2D eigenvalue weighted by Crippen LogP contribution is -2.58. The highest BCUT2D eigenvalue weighted by Crippen LogP contribution is 2.68. The molecule has 4 heteroatoms. The van der Waals surface area contributed by atoms with Gasteiger partial charge < -0.3 is 10.2 Å². The number of fused-ring (bicyclic) bond motifs is 5. The summed E-state index contributed by atoms with van der Waals surface area (Å²) in [6.45, 7) is 9.04. The van der Waals surface area contributed by atoms with E-state index in [1.807, 2.05) is 13.0 Å². The van der Waals surface area contributed by atoms with Crippen molar-refractivity contribution < 1.29 is 19.8 Å². The quantitative estimate of drug-likeness (QED) is 0.614. The first-order chi connectivity index (χ1) is 14.1. The predicted molar refractivity (Wildman–Crippen MR) is 117 cm³/mol. The molecule has 0 spiro atoms. The average molecular weight is 417 g/mol. The number of carboxylic acid groups (broad SMARTS) is 1. The van der Waals surface area contributed by atoms with Crippen LogP contribution in [0.1, 0.15) is 85.5 Å². The fourth-order valence-corrected chi connectivity index (χ4v) is 8.72. The summed E-state index contributed by atoms with van der Waals surface area (Å²) >= 11 is 0. The molecule has 4 nitrogen and oxygen atoms in total. The summed E-state index contributed by atoms with van der Waals surface area (Å²) < 4.78 is 0. The van der Waals surface area contributed by atoms with E-state index in [1.54, 1.807) is 0 Å². The molecule has 0 amide bonds. The smallest absolute Gasteiger partial charge is 0.303 e. The first-order valence-corrected chi connectivity index (χ1v) is 12.2. The van der Waals surface area contributed by atoms with E-state index in [1.165, 1.54) is 0 Å². The highest BCUT2D eigenvalue weighted by atomic mass is 16.4. The number of rotatable bonds is 4. The molecule has 3 unspecified atom stereocenters. The maximum absolute atomic E-state index is 13.8. The Balaban J connectivity index is 1.64. The van der Waals surface area contributed by atoms with Crippen molar-refractivity contribution in [3.8, 4) is 0 Å². The number of aliphatic hydroxyl groups excluding tert-OH is 1. The number of allylic oxidation sites excluding steroid dienone is 2. The summed E-state index contributed by atoms with van der Waals surface area (Å²) in [6, 6.07) is 0. The maximum Gasteiger partial charge on any atom is 0.303 e. The fraction of sp³-hybridized carbons (Fsp3) is 0.846. The van der Waals surface area contributed by atoms with Crippen molar-refractivity contribution in [1.29, 1.82) is 0 Å². The average Bonchev–Trinajstić information content (AvgIpc) is 3.05. The third kappa shape index (κ3) is 3.20. The zero-order valence-electron chi connectivity index (χ0n) is 19.2. The van der Waals surface area contributed by atoms with E-state index >= 15 is 0 Å². The van der Waals surface area contributed by atoms with Crippen LogP contribution in [0.15, 0.2) is 11.6 Å². The molecular formula is C26H40O4. The Labute approximate surface area is 181 Å². The topological polar surface area (TPSA) is 74.6 Å². The van der Waals surface area contributed by atoms with Crippen LogP contribution < -0.4 is 0 Å². The number of aliphatic hydroxyl groups is 1. The van der Waals surface area contributed by atoms with Crippen molar-refractivity contribution in [2.45, 2.75) is 91.6 Å². The zero-order valence-corrected chi connectivity index (χ0v) is 19.2. The summed E-state index contributed by atoms with van der Waals surface area (Å²) in [5.74, 6) is 1.74. The molecule has 9 atom stereocenters. The monoisotopic (exact) mass is 416 g/mol. The van der Waals surface area contributed by atoms with Crippen LogP contribution >= 0.6 is 0 Å². The van der Waals surface area contributed by atoms with Crippen LogP contribution in [0.4, 0.5) is 0 Å². The standard InChI is InChI=1S/C26H40O4/c1-5-17-21-14-16(27)10-12-26(21,4)20-11-13-25(3)18(15(2)6-9-22(28)29)7-8-19(25)23(20)24(17)30/h5,15-16,18-21,23,27H,6-14H2,1-4H3,(H,28,29)/t15-,16-,18?,19+,20?,21+,23?,25-,26-/m1/s1. The molecule has 168 valence electrons. The number of Topliss-reactive ketones (excluding diaryl/α,β-unsaturated/α-hetero) is 1. The summed E-state index contributed by atoms with van der Waals surface area (Å²) in [7, 11) is 0. The normalized spacial score (nSPS) is 48.0. The highest BCUT2D eigenvalue weighted by molar-refractivity contribution is 5.99. The predicted octanol–water partition coefficient (Wildman–Crippen LogP) is 5.24. The minimum atomic E-state index is -0.705. The van der Waals surface area contributed by atoms with Crippen molar-refractivity contribution in [3.05, 3.63) is 11.6 Å². The molecular weight excluding hydrogens is 376 g/mol. The Hall–Kier alpha value is -1.16. The molecule has 30 heavy (non-hydrogen) atoms. The lowest BCUT2D eigenvalue weighted by Gasteiger charge is -2.61. The van der Waals surface area contributed by atoms with Gasteiger partial charge in [-0.15, -0.1) is 0 Å². The zero-order chi connectivity index (χ0) is 21.8. The molecule has 0 aromatic rings. The van der Waals surface area contributed by atoms with Crippen LogP contribution in [0.5, 0.6) is 0 Å². The van der Waals surface area contributed by atoms with E-state index < -0.39 is 5.97 Å². The number of carbonyl (C=O) groups is 2.